The average molecular weight is 222 g/mol. The summed E-state index contributed by atoms with van der Waals surface area (Å²) in [6.07, 6.45) is 1.90. The number of amides is 1. The number of nitrogens with zero attached hydrogens (tertiary/aromatic N) is 1. The summed E-state index contributed by atoms with van der Waals surface area (Å²) in [7, 11) is -1.89. The highest BCUT2D eigenvalue weighted by molar-refractivity contribution is 7.88. The largest absolute Gasteiger partial charge is 0.353 e. The molecule has 0 radical (unpaired) electrons. The molecule has 0 aromatic carbocycles. The number of sulfonamides is 1. The lowest BCUT2D eigenvalue weighted by atomic mass is 10.2. The fraction of sp³-hybridized carbons (Fsp3) is 0.875. The molecule has 0 aromatic rings. The van der Waals surface area contributed by atoms with Crippen LogP contribution in [0.5, 0.6) is 0 Å². The van der Waals surface area contributed by atoms with Crippen molar-refractivity contribution in [2.24, 2.45) is 0 Å². The van der Waals surface area contributed by atoms with Crippen LogP contribution in [0.2, 0.25) is 0 Å². The molecule has 0 rings (SSSR count). The van der Waals surface area contributed by atoms with Crippen LogP contribution in [0.3, 0.4) is 0 Å². The van der Waals surface area contributed by atoms with Crippen molar-refractivity contribution in [1.29, 1.82) is 0 Å². The van der Waals surface area contributed by atoms with Crippen LogP contribution in [0.15, 0.2) is 0 Å². The Morgan fingerprint density at radius 1 is 1.50 bits per heavy atom. The van der Waals surface area contributed by atoms with E-state index in [1.54, 1.807) is 0 Å². The first kappa shape index (κ1) is 13.4. The predicted molar refractivity (Wildman–Crippen MR) is 55.4 cm³/mol. The Kier molecular flexibility index (Phi) is 5.07. The van der Waals surface area contributed by atoms with Gasteiger partial charge in [0.15, 0.2) is 0 Å². The third kappa shape index (κ3) is 5.18. The highest BCUT2D eigenvalue weighted by atomic mass is 32.2. The maximum atomic E-state index is 11.3. The van der Waals surface area contributed by atoms with E-state index in [4.69, 9.17) is 0 Å². The van der Waals surface area contributed by atoms with Gasteiger partial charge in [-0.2, -0.15) is 4.31 Å². The van der Waals surface area contributed by atoms with E-state index in [0.717, 1.165) is 17.0 Å². The summed E-state index contributed by atoms with van der Waals surface area (Å²) < 4.78 is 23.0. The van der Waals surface area contributed by atoms with Crippen LogP contribution in [0.25, 0.3) is 0 Å². The Morgan fingerprint density at radius 3 is 2.36 bits per heavy atom. The molecule has 0 heterocycles. The lowest BCUT2D eigenvalue weighted by molar-refractivity contribution is -0.121. The summed E-state index contributed by atoms with van der Waals surface area (Å²) in [5.74, 6) is -0.271. The molecule has 5 nitrogen and oxygen atoms in total. The molecule has 1 amide bonds. The monoisotopic (exact) mass is 222 g/mol. The molecule has 0 saturated carbocycles. The third-order valence-corrected chi connectivity index (χ3v) is 3.21. The number of nitrogens with one attached hydrogen (secondary N) is 1. The molecule has 0 spiro atoms. The maximum Gasteiger partial charge on any atom is 0.235 e. The van der Waals surface area contributed by atoms with Gasteiger partial charge >= 0.3 is 0 Å². The first-order chi connectivity index (χ1) is 6.27. The fourth-order valence-electron chi connectivity index (χ4n) is 0.742. The molecular weight excluding hydrogens is 204 g/mol. The molecule has 0 saturated heterocycles. The van der Waals surface area contributed by atoms with Gasteiger partial charge in [0.1, 0.15) is 0 Å². The summed E-state index contributed by atoms with van der Waals surface area (Å²) >= 11 is 0. The van der Waals surface area contributed by atoms with E-state index in [2.05, 4.69) is 5.32 Å². The summed E-state index contributed by atoms with van der Waals surface area (Å²) in [6, 6.07) is 0.0791. The van der Waals surface area contributed by atoms with Gasteiger partial charge in [-0.15, -0.1) is 0 Å². The summed E-state index contributed by atoms with van der Waals surface area (Å²) in [6.45, 7) is 3.70. The van der Waals surface area contributed by atoms with Crippen molar-refractivity contribution in [2.75, 3.05) is 19.8 Å². The van der Waals surface area contributed by atoms with Crippen LogP contribution in [0, 0.1) is 0 Å². The molecule has 0 aliphatic heterocycles. The number of hydrogen-bond donors (Lipinski definition) is 1. The Bertz CT molecular complexity index is 287. The van der Waals surface area contributed by atoms with Crippen LogP contribution >= 0.6 is 0 Å². The van der Waals surface area contributed by atoms with Gasteiger partial charge in [0, 0.05) is 13.1 Å². The fourth-order valence-corrected chi connectivity index (χ4v) is 1.09. The van der Waals surface area contributed by atoms with Crippen molar-refractivity contribution < 1.29 is 13.2 Å². The van der Waals surface area contributed by atoms with Crippen LogP contribution < -0.4 is 5.32 Å². The van der Waals surface area contributed by atoms with E-state index in [1.807, 2.05) is 13.8 Å². The van der Waals surface area contributed by atoms with Crippen LogP contribution in [-0.4, -0.2) is 44.5 Å². The number of carbonyl (C=O) groups is 1. The Morgan fingerprint density at radius 2 is 2.00 bits per heavy atom. The highest BCUT2D eigenvalue weighted by Gasteiger charge is 2.15. The molecule has 1 N–H and O–H groups in total. The van der Waals surface area contributed by atoms with Crippen molar-refractivity contribution in [3.63, 3.8) is 0 Å². The van der Waals surface area contributed by atoms with Crippen LogP contribution in [-0.2, 0) is 14.8 Å². The molecule has 0 unspecified atom stereocenters. The zero-order chi connectivity index (χ0) is 11.4. The van der Waals surface area contributed by atoms with E-state index in [1.165, 1.54) is 7.05 Å². The van der Waals surface area contributed by atoms with E-state index >= 15 is 0 Å². The standard InChI is InChI=1S/C8H18N2O3S/c1-5-7(2)9-8(11)6-10(3)14(4,12)13/h7H,5-6H2,1-4H3,(H,9,11)/t7-/m0/s1. The van der Waals surface area contributed by atoms with E-state index in [0.29, 0.717) is 0 Å². The molecule has 14 heavy (non-hydrogen) atoms. The van der Waals surface area contributed by atoms with Gasteiger partial charge in [0.25, 0.3) is 0 Å². The van der Waals surface area contributed by atoms with Crippen molar-refractivity contribution in [1.82, 2.24) is 9.62 Å². The molecule has 6 heteroatoms. The minimum absolute atomic E-state index is 0.0791. The second-order valence-corrected chi connectivity index (χ2v) is 5.49. The van der Waals surface area contributed by atoms with E-state index in [9.17, 15) is 13.2 Å². The normalized spacial score (nSPS) is 14.1. The Labute approximate surface area is 85.5 Å². The SMILES string of the molecule is CC[C@H](C)NC(=O)CN(C)S(C)(=O)=O. The zero-order valence-electron chi connectivity index (χ0n) is 9.07. The minimum atomic E-state index is -3.27. The van der Waals surface area contributed by atoms with Gasteiger partial charge in [-0.05, 0) is 13.3 Å². The number of carbonyl (C=O) groups excluding carboxylic acids is 1. The zero-order valence-corrected chi connectivity index (χ0v) is 9.89. The maximum absolute atomic E-state index is 11.3. The number of likely N-dealkylation sites (N-methyl/N-ethyl adjacent to an activating group) is 1. The van der Waals surface area contributed by atoms with Gasteiger partial charge in [0.05, 0.1) is 12.8 Å². The Balaban J connectivity index is 4.08. The number of rotatable bonds is 5. The lowest BCUT2D eigenvalue weighted by Gasteiger charge is -2.16. The third-order valence-electron chi connectivity index (χ3n) is 1.95. The van der Waals surface area contributed by atoms with E-state index in [-0.39, 0.29) is 18.5 Å². The topological polar surface area (TPSA) is 66.5 Å². The molecular formula is C8H18N2O3S. The minimum Gasteiger partial charge on any atom is -0.353 e. The van der Waals surface area contributed by atoms with Crippen molar-refractivity contribution in [3.8, 4) is 0 Å². The molecule has 0 bridgehead atoms. The molecule has 0 aliphatic rings. The van der Waals surface area contributed by atoms with Gasteiger partial charge in [-0.3, -0.25) is 4.79 Å². The van der Waals surface area contributed by atoms with Gasteiger partial charge in [-0.1, -0.05) is 6.92 Å². The van der Waals surface area contributed by atoms with Crippen molar-refractivity contribution >= 4 is 15.9 Å². The van der Waals surface area contributed by atoms with Crippen molar-refractivity contribution in [2.45, 2.75) is 26.3 Å². The first-order valence-electron chi connectivity index (χ1n) is 4.48. The van der Waals surface area contributed by atoms with Gasteiger partial charge in [0.2, 0.25) is 15.9 Å². The number of hydrogen-bond acceptors (Lipinski definition) is 3. The summed E-state index contributed by atoms with van der Waals surface area (Å²) in [5, 5.41) is 2.69. The summed E-state index contributed by atoms with van der Waals surface area (Å²) in [4.78, 5) is 11.3. The summed E-state index contributed by atoms with van der Waals surface area (Å²) in [5.41, 5.74) is 0. The quantitative estimate of drug-likeness (QED) is 0.700. The van der Waals surface area contributed by atoms with Crippen molar-refractivity contribution in [3.05, 3.63) is 0 Å². The molecule has 0 aliphatic carbocycles. The second kappa shape index (κ2) is 5.31. The average Bonchev–Trinajstić information content (AvgIpc) is 2.02. The Hall–Kier alpha value is -0.620. The van der Waals surface area contributed by atoms with Crippen LogP contribution in [0.1, 0.15) is 20.3 Å². The lowest BCUT2D eigenvalue weighted by Crippen LogP contribution is -2.41. The molecule has 0 aromatic heterocycles. The van der Waals surface area contributed by atoms with E-state index < -0.39 is 10.0 Å². The highest BCUT2D eigenvalue weighted by Crippen LogP contribution is 1.93. The predicted octanol–water partition coefficient (Wildman–Crippen LogP) is -0.207. The second-order valence-electron chi connectivity index (χ2n) is 3.40. The van der Waals surface area contributed by atoms with Crippen LogP contribution in [0.4, 0.5) is 0 Å². The first-order valence-corrected chi connectivity index (χ1v) is 6.32. The molecule has 84 valence electrons. The van der Waals surface area contributed by atoms with Gasteiger partial charge < -0.3 is 5.32 Å². The molecule has 1 atom stereocenters. The van der Waals surface area contributed by atoms with Gasteiger partial charge in [-0.25, -0.2) is 8.42 Å². The molecule has 0 fully saturated rings. The smallest absolute Gasteiger partial charge is 0.235 e.